The minimum absolute atomic E-state index is 0.733. The Morgan fingerprint density at radius 3 is 3.07 bits per heavy atom. The molecule has 0 fully saturated rings. The molecule has 0 aromatic carbocycles. The van der Waals surface area contributed by atoms with Gasteiger partial charge in [-0.1, -0.05) is 20.3 Å². The fraction of sp³-hybridized carbons (Fsp3) is 0.545. The van der Waals surface area contributed by atoms with Crippen molar-refractivity contribution in [2.45, 2.75) is 26.0 Å². The van der Waals surface area contributed by atoms with Crippen molar-refractivity contribution in [3.63, 3.8) is 0 Å². The van der Waals surface area contributed by atoms with Crippen LogP contribution < -0.4 is 11.3 Å². The lowest BCUT2D eigenvalue weighted by molar-refractivity contribution is 0.637. The van der Waals surface area contributed by atoms with Crippen LogP contribution in [0.2, 0.25) is 0 Å². The van der Waals surface area contributed by atoms with Gasteiger partial charge in [0.05, 0.1) is 0 Å². The Bertz CT molecular complexity index is 291. The number of rotatable bonds is 6. The van der Waals surface area contributed by atoms with Crippen LogP contribution in [0.5, 0.6) is 0 Å². The molecule has 1 aromatic rings. The van der Waals surface area contributed by atoms with E-state index in [1.165, 1.54) is 17.7 Å². The molecule has 0 saturated heterocycles. The molecule has 1 atom stereocenters. The maximum atomic E-state index is 5.30. The van der Waals surface area contributed by atoms with E-state index < -0.39 is 0 Å². The highest BCUT2D eigenvalue weighted by molar-refractivity contribution is 7.98. The van der Waals surface area contributed by atoms with Gasteiger partial charge in [0.15, 0.2) is 0 Å². The summed E-state index contributed by atoms with van der Waals surface area (Å²) in [5.74, 6) is 9.07. The summed E-state index contributed by atoms with van der Waals surface area (Å²) in [4.78, 5) is 4.07. The second-order valence-electron chi connectivity index (χ2n) is 3.72. The molecule has 0 amide bonds. The molecule has 0 aliphatic carbocycles. The number of aromatic nitrogens is 1. The van der Waals surface area contributed by atoms with Crippen molar-refractivity contribution < 1.29 is 0 Å². The molecule has 1 aromatic heterocycles. The molecule has 0 radical (unpaired) electrons. The largest absolute Gasteiger partial charge is 0.308 e. The van der Waals surface area contributed by atoms with Gasteiger partial charge in [0.1, 0.15) is 5.82 Å². The summed E-state index contributed by atoms with van der Waals surface area (Å²) in [5, 5.41) is 0. The van der Waals surface area contributed by atoms with Crippen LogP contribution in [0.1, 0.15) is 25.8 Å². The minimum atomic E-state index is 0.733. The standard InChI is InChI=1S/C11H19N3S/c1-3-9(2)7-15-8-10-4-5-13-11(6-10)14-12/h4-6,9H,3,7-8,12H2,1-2H3,(H,13,14). The zero-order valence-electron chi connectivity index (χ0n) is 9.36. The monoisotopic (exact) mass is 225 g/mol. The number of nitrogens with one attached hydrogen (secondary N) is 1. The third-order valence-electron chi connectivity index (χ3n) is 2.34. The topological polar surface area (TPSA) is 50.9 Å². The quantitative estimate of drug-likeness (QED) is 0.577. The number of hydrogen-bond acceptors (Lipinski definition) is 4. The number of hydrazine groups is 1. The van der Waals surface area contributed by atoms with Gasteiger partial charge < -0.3 is 5.43 Å². The first kappa shape index (κ1) is 12.3. The average Bonchev–Trinajstić information content (AvgIpc) is 2.29. The normalized spacial score (nSPS) is 12.5. The van der Waals surface area contributed by atoms with Gasteiger partial charge >= 0.3 is 0 Å². The summed E-state index contributed by atoms with van der Waals surface area (Å²) in [6.07, 6.45) is 3.04. The van der Waals surface area contributed by atoms with Crippen LogP contribution in [-0.4, -0.2) is 10.7 Å². The first-order valence-corrected chi connectivity index (χ1v) is 6.41. The Kier molecular flexibility index (Phi) is 5.50. The van der Waals surface area contributed by atoms with Crippen LogP contribution in [0.4, 0.5) is 5.82 Å². The second kappa shape index (κ2) is 6.69. The van der Waals surface area contributed by atoms with Crippen molar-refractivity contribution in [3.8, 4) is 0 Å². The van der Waals surface area contributed by atoms with Gasteiger partial charge in [-0.25, -0.2) is 10.8 Å². The molecule has 0 aliphatic rings. The van der Waals surface area contributed by atoms with Gasteiger partial charge in [-0.3, -0.25) is 0 Å². The second-order valence-corrected chi connectivity index (χ2v) is 4.75. The third kappa shape index (κ3) is 4.53. The molecule has 0 aliphatic heterocycles. The first-order chi connectivity index (χ1) is 7.26. The van der Waals surface area contributed by atoms with E-state index in [0.29, 0.717) is 0 Å². The number of nitrogen functional groups attached to an aromatic ring is 1. The summed E-state index contributed by atoms with van der Waals surface area (Å²) in [5.41, 5.74) is 3.83. The first-order valence-electron chi connectivity index (χ1n) is 5.25. The van der Waals surface area contributed by atoms with Crippen LogP contribution in [0.25, 0.3) is 0 Å². The van der Waals surface area contributed by atoms with Crippen LogP contribution in [-0.2, 0) is 5.75 Å². The fourth-order valence-corrected chi connectivity index (χ4v) is 2.31. The molecule has 0 saturated carbocycles. The van der Waals surface area contributed by atoms with Crippen molar-refractivity contribution in [2.75, 3.05) is 11.2 Å². The van der Waals surface area contributed by atoms with Crippen molar-refractivity contribution in [2.24, 2.45) is 11.8 Å². The minimum Gasteiger partial charge on any atom is -0.308 e. The summed E-state index contributed by atoms with van der Waals surface area (Å²) in [6.45, 7) is 4.51. The van der Waals surface area contributed by atoms with Crippen molar-refractivity contribution >= 4 is 17.6 Å². The highest BCUT2D eigenvalue weighted by atomic mass is 32.2. The lowest BCUT2D eigenvalue weighted by atomic mass is 10.2. The number of nitrogens with two attached hydrogens (primary N) is 1. The number of hydrogen-bond donors (Lipinski definition) is 2. The molecule has 0 spiro atoms. The zero-order chi connectivity index (χ0) is 11.1. The lowest BCUT2D eigenvalue weighted by Gasteiger charge is -2.08. The predicted octanol–water partition coefficient (Wildman–Crippen LogP) is 2.65. The fourth-order valence-electron chi connectivity index (χ4n) is 1.14. The number of pyridine rings is 1. The van der Waals surface area contributed by atoms with E-state index >= 15 is 0 Å². The van der Waals surface area contributed by atoms with Crippen LogP contribution in [0, 0.1) is 5.92 Å². The Morgan fingerprint density at radius 1 is 1.60 bits per heavy atom. The van der Waals surface area contributed by atoms with Crippen molar-refractivity contribution in [1.82, 2.24) is 4.98 Å². The summed E-state index contributed by atoms with van der Waals surface area (Å²) >= 11 is 1.96. The van der Waals surface area contributed by atoms with Gasteiger partial charge in [-0.15, -0.1) is 0 Å². The van der Waals surface area contributed by atoms with Crippen molar-refractivity contribution in [1.29, 1.82) is 0 Å². The molecule has 15 heavy (non-hydrogen) atoms. The maximum absolute atomic E-state index is 5.30. The summed E-state index contributed by atoms with van der Waals surface area (Å²) < 4.78 is 0. The van der Waals surface area contributed by atoms with Crippen LogP contribution in [0.15, 0.2) is 18.3 Å². The Labute approximate surface area is 95.8 Å². The molecule has 1 rings (SSSR count). The van der Waals surface area contributed by atoms with Crippen LogP contribution in [0.3, 0.4) is 0 Å². The molecule has 0 bridgehead atoms. The van der Waals surface area contributed by atoms with E-state index in [1.807, 2.05) is 23.9 Å². The zero-order valence-corrected chi connectivity index (χ0v) is 10.2. The van der Waals surface area contributed by atoms with Gasteiger partial charge in [0.25, 0.3) is 0 Å². The highest BCUT2D eigenvalue weighted by Crippen LogP contribution is 2.17. The molecule has 1 unspecified atom stereocenters. The third-order valence-corrected chi connectivity index (χ3v) is 3.68. The molecule has 4 heteroatoms. The Morgan fingerprint density at radius 2 is 2.40 bits per heavy atom. The molecule has 1 heterocycles. The lowest BCUT2D eigenvalue weighted by Crippen LogP contribution is -2.08. The Balaban J connectivity index is 2.37. The summed E-state index contributed by atoms with van der Waals surface area (Å²) in [7, 11) is 0. The van der Waals surface area contributed by atoms with E-state index in [-0.39, 0.29) is 0 Å². The molecule has 3 nitrogen and oxygen atoms in total. The number of anilines is 1. The van der Waals surface area contributed by atoms with Gasteiger partial charge in [0.2, 0.25) is 0 Å². The molecular weight excluding hydrogens is 206 g/mol. The van der Waals surface area contributed by atoms with E-state index in [9.17, 15) is 0 Å². The molecule has 3 N–H and O–H groups in total. The number of thioether (sulfide) groups is 1. The average molecular weight is 225 g/mol. The SMILES string of the molecule is CCC(C)CSCc1ccnc(NN)c1. The van der Waals surface area contributed by atoms with E-state index in [1.54, 1.807) is 6.20 Å². The summed E-state index contributed by atoms with van der Waals surface area (Å²) in [6, 6.07) is 4.02. The van der Waals surface area contributed by atoms with E-state index in [4.69, 9.17) is 5.84 Å². The van der Waals surface area contributed by atoms with Crippen LogP contribution >= 0.6 is 11.8 Å². The van der Waals surface area contributed by atoms with Gasteiger partial charge in [-0.2, -0.15) is 11.8 Å². The highest BCUT2D eigenvalue weighted by Gasteiger charge is 2.00. The predicted molar refractivity (Wildman–Crippen MR) is 67.7 cm³/mol. The van der Waals surface area contributed by atoms with E-state index in [0.717, 1.165) is 17.5 Å². The number of nitrogens with zero attached hydrogens (tertiary/aromatic N) is 1. The maximum Gasteiger partial charge on any atom is 0.140 e. The molecule has 84 valence electrons. The van der Waals surface area contributed by atoms with Gasteiger partial charge in [0, 0.05) is 11.9 Å². The van der Waals surface area contributed by atoms with Gasteiger partial charge in [-0.05, 0) is 29.4 Å². The van der Waals surface area contributed by atoms with Crippen molar-refractivity contribution in [3.05, 3.63) is 23.9 Å². The Hall–Kier alpha value is -0.740. The van der Waals surface area contributed by atoms with E-state index in [2.05, 4.69) is 24.3 Å². The smallest absolute Gasteiger partial charge is 0.140 e. The molecular formula is C11H19N3S.